The summed E-state index contributed by atoms with van der Waals surface area (Å²) in [5.74, 6) is 0.450. The first-order valence-electron chi connectivity index (χ1n) is 19.0. The number of nitrogens with zero attached hydrogens (tertiary/aromatic N) is 2. The molecule has 0 aliphatic carbocycles. The highest BCUT2D eigenvalue weighted by Gasteiger charge is 2.14. The summed E-state index contributed by atoms with van der Waals surface area (Å²) in [5, 5.41) is 21.6. The van der Waals surface area contributed by atoms with Crippen molar-refractivity contribution in [1.82, 2.24) is 0 Å². The molecule has 0 aliphatic rings. The van der Waals surface area contributed by atoms with E-state index in [-0.39, 0.29) is 36.6 Å². The van der Waals surface area contributed by atoms with Gasteiger partial charge in [0.15, 0.2) is 0 Å². The van der Waals surface area contributed by atoms with Gasteiger partial charge in [0.25, 0.3) is 11.4 Å². The summed E-state index contributed by atoms with van der Waals surface area (Å²) >= 11 is 0. The maximum atomic E-state index is 12.2. The van der Waals surface area contributed by atoms with Gasteiger partial charge in [-0.2, -0.15) is 0 Å². The van der Waals surface area contributed by atoms with E-state index in [2.05, 4.69) is 6.58 Å². The minimum atomic E-state index is -0.588. The van der Waals surface area contributed by atoms with Crippen molar-refractivity contribution in [2.75, 3.05) is 26.4 Å². The molecule has 0 amide bonds. The Kier molecular flexibility index (Phi) is 18.2. The SMILES string of the molecule is C=C(CC(=O)OCCCCCCOc1ccc(C=Cc2ccc([N+](=O)[O-])cc2)cc1)C(=O)OCCCCCCOc1ccc(C=Cc2ccc([N+](=O)[O-])cc2)cc1. The summed E-state index contributed by atoms with van der Waals surface area (Å²) in [6.45, 7) is 5.35. The van der Waals surface area contributed by atoms with E-state index in [0.29, 0.717) is 26.1 Å². The zero-order valence-corrected chi connectivity index (χ0v) is 31.9. The maximum absolute atomic E-state index is 12.2. The zero-order valence-electron chi connectivity index (χ0n) is 31.9. The van der Waals surface area contributed by atoms with Crippen molar-refractivity contribution in [2.24, 2.45) is 0 Å². The van der Waals surface area contributed by atoms with Gasteiger partial charge in [-0.05, 0) is 122 Å². The number of esters is 2. The van der Waals surface area contributed by atoms with Crippen molar-refractivity contribution < 1.29 is 38.4 Å². The molecule has 0 unspecified atom stereocenters. The third kappa shape index (κ3) is 16.8. The number of ether oxygens (including phenoxy) is 4. The highest BCUT2D eigenvalue weighted by Crippen LogP contribution is 2.19. The Labute approximate surface area is 332 Å². The lowest BCUT2D eigenvalue weighted by Gasteiger charge is -2.09. The van der Waals surface area contributed by atoms with Gasteiger partial charge in [-0.15, -0.1) is 0 Å². The van der Waals surface area contributed by atoms with Crippen LogP contribution >= 0.6 is 0 Å². The molecular formula is C45H48N2O10. The molecule has 4 rings (SSSR count). The van der Waals surface area contributed by atoms with Crippen molar-refractivity contribution in [2.45, 2.75) is 57.8 Å². The second kappa shape index (κ2) is 24.1. The van der Waals surface area contributed by atoms with Crippen molar-refractivity contribution in [1.29, 1.82) is 0 Å². The van der Waals surface area contributed by atoms with Crippen molar-refractivity contribution >= 4 is 47.6 Å². The van der Waals surface area contributed by atoms with Crippen molar-refractivity contribution in [3.63, 3.8) is 0 Å². The van der Waals surface area contributed by atoms with Gasteiger partial charge < -0.3 is 18.9 Å². The van der Waals surface area contributed by atoms with Crippen LogP contribution in [0.4, 0.5) is 11.4 Å². The van der Waals surface area contributed by atoms with Crippen molar-refractivity contribution in [3.8, 4) is 11.5 Å². The molecule has 0 atom stereocenters. The number of unbranched alkanes of at least 4 members (excludes halogenated alkanes) is 6. The van der Waals surface area contributed by atoms with E-state index in [1.54, 1.807) is 24.3 Å². The standard InChI is InChI=1S/C45H48N2O10/c1-35(45(49)57-33-9-5-3-7-31-55-43-28-20-39(21-29-43)13-11-37-16-24-41(25-17-37)47(52)53)34-44(48)56-32-8-4-2-6-30-54-42-26-18-38(19-27-42)12-10-36-14-22-40(23-15-36)46(50)51/h10-29H,1-9,30-34H2. The minimum Gasteiger partial charge on any atom is -0.494 e. The van der Waals surface area contributed by atoms with Crippen LogP contribution in [0.25, 0.3) is 24.3 Å². The van der Waals surface area contributed by atoms with Gasteiger partial charge in [0.2, 0.25) is 0 Å². The fourth-order valence-corrected chi connectivity index (χ4v) is 5.40. The molecule has 298 valence electrons. The fraction of sp³-hybridized carbons (Fsp3) is 0.289. The number of hydrogen-bond donors (Lipinski definition) is 0. The van der Waals surface area contributed by atoms with Crippen LogP contribution in [-0.2, 0) is 19.1 Å². The average Bonchev–Trinajstić information content (AvgIpc) is 3.22. The molecule has 0 aliphatic heterocycles. The molecule has 0 N–H and O–H groups in total. The number of hydrogen-bond acceptors (Lipinski definition) is 10. The van der Waals surface area contributed by atoms with Crippen LogP contribution in [0, 0.1) is 20.2 Å². The summed E-state index contributed by atoms with van der Waals surface area (Å²) in [6.07, 6.45) is 14.1. The quantitative estimate of drug-likeness (QED) is 0.0158. The Morgan fingerprint density at radius 2 is 0.825 bits per heavy atom. The monoisotopic (exact) mass is 776 g/mol. The predicted octanol–water partition coefficient (Wildman–Crippen LogP) is 10.5. The highest BCUT2D eigenvalue weighted by atomic mass is 16.6. The van der Waals surface area contributed by atoms with E-state index in [1.165, 1.54) is 24.3 Å². The molecular weight excluding hydrogens is 728 g/mol. The highest BCUT2D eigenvalue weighted by molar-refractivity contribution is 5.93. The summed E-state index contributed by atoms with van der Waals surface area (Å²) < 4.78 is 22.2. The molecule has 4 aromatic rings. The molecule has 0 spiro atoms. The van der Waals surface area contributed by atoms with Gasteiger partial charge in [-0.25, -0.2) is 4.79 Å². The number of rotatable bonds is 25. The number of non-ortho nitro benzene ring substituents is 2. The summed E-state index contributed by atoms with van der Waals surface area (Å²) in [6, 6.07) is 28.1. The van der Waals surface area contributed by atoms with Crippen LogP contribution in [0.2, 0.25) is 0 Å². The first-order valence-corrected chi connectivity index (χ1v) is 19.0. The lowest BCUT2D eigenvalue weighted by molar-refractivity contribution is -0.385. The van der Waals surface area contributed by atoms with Crippen LogP contribution in [0.5, 0.6) is 11.5 Å². The molecule has 4 aromatic carbocycles. The Morgan fingerprint density at radius 3 is 1.19 bits per heavy atom. The van der Waals surface area contributed by atoms with Gasteiger partial charge in [-0.1, -0.05) is 55.1 Å². The summed E-state index contributed by atoms with van der Waals surface area (Å²) in [5.41, 5.74) is 3.91. The van der Waals surface area contributed by atoms with E-state index in [4.69, 9.17) is 18.9 Å². The summed E-state index contributed by atoms with van der Waals surface area (Å²) in [4.78, 5) is 45.1. The molecule has 0 bridgehead atoms. The van der Waals surface area contributed by atoms with E-state index >= 15 is 0 Å². The topological polar surface area (TPSA) is 157 Å². The Hall–Kier alpha value is -6.56. The van der Waals surface area contributed by atoms with Crippen LogP contribution in [0.1, 0.15) is 80.0 Å². The molecule has 12 nitrogen and oxygen atoms in total. The third-order valence-corrected chi connectivity index (χ3v) is 8.66. The van der Waals surface area contributed by atoms with Gasteiger partial charge in [0.1, 0.15) is 11.5 Å². The second-order valence-electron chi connectivity index (χ2n) is 13.2. The first kappa shape index (κ1) is 43.2. The number of nitro benzene ring substituents is 2. The van der Waals surface area contributed by atoms with Crippen molar-refractivity contribution in [3.05, 3.63) is 152 Å². The molecule has 0 saturated carbocycles. The number of nitro groups is 2. The van der Waals surface area contributed by atoms with E-state index in [1.807, 2.05) is 72.8 Å². The zero-order chi connectivity index (χ0) is 40.7. The Morgan fingerprint density at radius 1 is 0.491 bits per heavy atom. The maximum Gasteiger partial charge on any atom is 0.333 e. The lowest BCUT2D eigenvalue weighted by atomic mass is 10.1. The van der Waals surface area contributed by atoms with E-state index < -0.39 is 21.8 Å². The average molecular weight is 777 g/mol. The normalized spacial score (nSPS) is 11.0. The van der Waals surface area contributed by atoms with Crippen LogP contribution in [-0.4, -0.2) is 48.2 Å². The van der Waals surface area contributed by atoms with E-state index in [0.717, 1.165) is 72.3 Å². The molecule has 0 heterocycles. The lowest BCUT2D eigenvalue weighted by Crippen LogP contribution is -2.14. The minimum absolute atomic E-state index is 0.0613. The third-order valence-electron chi connectivity index (χ3n) is 8.66. The van der Waals surface area contributed by atoms with E-state index in [9.17, 15) is 29.8 Å². The van der Waals surface area contributed by atoms with Gasteiger partial charge in [0, 0.05) is 29.8 Å². The second-order valence-corrected chi connectivity index (χ2v) is 13.2. The van der Waals surface area contributed by atoms with Gasteiger partial charge >= 0.3 is 11.9 Å². The molecule has 57 heavy (non-hydrogen) atoms. The largest absolute Gasteiger partial charge is 0.494 e. The number of carbonyl (C=O) groups excluding carboxylic acids is 2. The predicted molar refractivity (Wildman–Crippen MR) is 221 cm³/mol. The fourth-order valence-electron chi connectivity index (χ4n) is 5.40. The Bertz CT molecular complexity index is 1950. The van der Waals surface area contributed by atoms with Crippen LogP contribution < -0.4 is 9.47 Å². The molecule has 0 radical (unpaired) electrons. The molecule has 12 heteroatoms. The Balaban J connectivity index is 0.945. The van der Waals surface area contributed by atoms with Crippen LogP contribution in [0.3, 0.4) is 0 Å². The molecule has 0 fully saturated rings. The summed E-state index contributed by atoms with van der Waals surface area (Å²) in [7, 11) is 0. The van der Waals surface area contributed by atoms with Gasteiger partial charge in [-0.3, -0.25) is 25.0 Å². The molecule has 0 saturated heterocycles. The first-order chi connectivity index (χ1) is 27.7. The smallest absolute Gasteiger partial charge is 0.333 e. The van der Waals surface area contributed by atoms with Gasteiger partial charge in [0.05, 0.1) is 42.7 Å². The number of benzene rings is 4. The number of carbonyl (C=O) groups is 2. The van der Waals surface area contributed by atoms with Crippen LogP contribution in [0.15, 0.2) is 109 Å². The molecule has 0 aromatic heterocycles.